The Morgan fingerprint density at radius 1 is 1.44 bits per heavy atom. The first kappa shape index (κ1) is 13.3. The van der Waals surface area contributed by atoms with Crippen molar-refractivity contribution in [1.82, 2.24) is 4.90 Å². The van der Waals surface area contributed by atoms with E-state index in [1.54, 1.807) is 19.0 Å². The predicted molar refractivity (Wildman–Crippen MR) is 78.4 cm³/mol. The smallest absolute Gasteiger partial charge is 0.253 e. The normalized spacial score (nSPS) is 22.8. The fourth-order valence-corrected chi connectivity index (χ4v) is 3.30. The molecule has 0 aliphatic carbocycles. The molecule has 2 unspecified atom stereocenters. The molecule has 4 heteroatoms. The van der Waals surface area contributed by atoms with E-state index in [4.69, 9.17) is 0 Å². The van der Waals surface area contributed by atoms with E-state index in [1.807, 2.05) is 36.0 Å². The maximum atomic E-state index is 11.9. The molecule has 0 aromatic heterocycles. The van der Waals surface area contributed by atoms with Gasteiger partial charge in [-0.2, -0.15) is 11.8 Å². The molecule has 1 aromatic rings. The number of rotatable bonds is 3. The average Bonchev–Trinajstić information content (AvgIpc) is 2.74. The molecule has 2 atom stereocenters. The molecule has 1 aromatic carbocycles. The molecule has 1 aliphatic heterocycles. The SMILES string of the molecule is CC1CC(Nc2cccc(C(=O)N(C)C)c2)CS1. The summed E-state index contributed by atoms with van der Waals surface area (Å²) in [7, 11) is 3.55. The number of benzene rings is 1. The van der Waals surface area contributed by atoms with Gasteiger partial charge in [0.05, 0.1) is 0 Å². The van der Waals surface area contributed by atoms with Crippen LogP contribution in [0.3, 0.4) is 0 Å². The highest BCUT2D eigenvalue weighted by atomic mass is 32.2. The number of carbonyl (C=O) groups is 1. The molecular formula is C14H20N2OS. The predicted octanol–water partition coefficient (Wildman–Crippen LogP) is 2.69. The first-order valence-electron chi connectivity index (χ1n) is 6.26. The van der Waals surface area contributed by atoms with E-state index in [0.29, 0.717) is 6.04 Å². The number of amides is 1. The van der Waals surface area contributed by atoms with Crippen LogP contribution in [0.2, 0.25) is 0 Å². The minimum atomic E-state index is 0.0489. The van der Waals surface area contributed by atoms with Gasteiger partial charge in [0.2, 0.25) is 0 Å². The third-order valence-corrected chi connectivity index (χ3v) is 4.44. The van der Waals surface area contributed by atoms with Gasteiger partial charge in [0, 0.05) is 42.4 Å². The van der Waals surface area contributed by atoms with Crippen LogP contribution in [0.4, 0.5) is 5.69 Å². The van der Waals surface area contributed by atoms with Crippen molar-refractivity contribution in [3.05, 3.63) is 29.8 Å². The number of anilines is 1. The zero-order valence-electron chi connectivity index (χ0n) is 11.1. The van der Waals surface area contributed by atoms with Gasteiger partial charge in [0.25, 0.3) is 5.91 Å². The van der Waals surface area contributed by atoms with Crippen molar-refractivity contribution in [2.45, 2.75) is 24.6 Å². The minimum Gasteiger partial charge on any atom is -0.381 e. The molecule has 98 valence electrons. The Morgan fingerprint density at radius 3 is 2.83 bits per heavy atom. The quantitative estimate of drug-likeness (QED) is 0.911. The molecule has 0 saturated carbocycles. The van der Waals surface area contributed by atoms with Crippen LogP contribution in [0.1, 0.15) is 23.7 Å². The number of hydrogen-bond acceptors (Lipinski definition) is 3. The van der Waals surface area contributed by atoms with Crippen LogP contribution in [0.25, 0.3) is 0 Å². The average molecular weight is 264 g/mol. The maximum Gasteiger partial charge on any atom is 0.253 e. The molecule has 2 rings (SSSR count). The second-order valence-corrected chi connectivity index (χ2v) is 6.47. The van der Waals surface area contributed by atoms with Crippen LogP contribution in [-0.4, -0.2) is 41.9 Å². The van der Waals surface area contributed by atoms with Gasteiger partial charge in [-0.05, 0) is 24.6 Å². The molecule has 1 heterocycles. The maximum absolute atomic E-state index is 11.9. The summed E-state index contributed by atoms with van der Waals surface area (Å²) in [5.41, 5.74) is 1.78. The lowest BCUT2D eigenvalue weighted by Gasteiger charge is -2.15. The van der Waals surface area contributed by atoms with Gasteiger partial charge < -0.3 is 10.2 Å². The monoisotopic (exact) mass is 264 g/mol. The van der Waals surface area contributed by atoms with Crippen LogP contribution in [0.15, 0.2) is 24.3 Å². The highest BCUT2D eigenvalue weighted by molar-refractivity contribution is 8.00. The van der Waals surface area contributed by atoms with Crippen LogP contribution >= 0.6 is 11.8 Å². The molecule has 1 amide bonds. The number of nitrogens with zero attached hydrogens (tertiary/aromatic N) is 1. The third kappa shape index (κ3) is 3.19. The van der Waals surface area contributed by atoms with Gasteiger partial charge in [-0.15, -0.1) is 0 Å². The summed E-state index contributed by atoms with van der Waals surface area (Å²) in [5.74, 6) is 1.19. The van der Waals surface area contributed by atoms with Gasteiger partial charge >= 0.3 is 0 Å². The van der Waals surface area contributed by atoms with Crippen molar-refractivity contribution >= 4 is 23.4 Å². The Hall–Kier alpha value is -1.16. The number of thioether (sulfide) groups is 1. The second kappa shape index (κ2) is 5.65. The van der Waals surface area contributed by atoms with Crippen LogP contribution in [0.5, 0.6) is 0 Å². The largest absolute Gasteiger partial charge is 0.381 e. The molecule has 1 saturated heterocycles. The Morgan fingerprint density at radius 2 is 2.22 bits per heavy atom. The second-order valence-electron chi connectivity index (χ2n) is 5.00. The number of hydrogen-bond donors (Lipinski definition) is 1. The molecule has 18 heavy (non-hydrogen) atoms. The van der Waals surface area contributed by atoms with Gasteiger partial charge in [-0.3, -0.25) is 4.79 Å². The van der Waals surface area contributed by atoms with E-state index >= 15 is 0 Å². The van der Waals surface area contributed by atoms with Crippen LogP contribution < -0.4 is 5.32 Å². The first-order valence-corrected chi connectivity index (χ1v) is 7.31. The minimum absolute atomic E-state index is 0.0489. The van der Waals surface area contributed by atoms with E-state index in [2.05, 4.69) is 12.2 Å². The van der Waals surface area contributed by atoms with Crippen molar-refractivity contribution in [1.29, 1.82) is 0 Å². The highest BCUT2D eigenvalue weighted by Crippen LogP contribution is 2.28. The van der Waals surface area contributed by atoms with E-state index < -0.39 is 0 Å². The topological polar surface area (TPSA) is 32.3 Å². The molecule has 0 spiro atoms. The lowest BCUT2D eigenvalue weighted by atomic mass is 10.1. The summed E-state index contributed by atoms with van der Waals surface area (Å²) in [5, 5.41) is 4.24. The van der Waals surface area contributed by atoms with Crippen molar-refractivity contribution in [3.8, 4) is 0 Å². The van der Waals surface area contributed by atoms with Crippen LogP contribution in [-0.2, 0) is 0 Å². The summed E-state index contributed by atoms with van der Waals surface area (Å²) in [6, 6.07) is 8.29. The molecule has 0 bridgehead atoms. The molecule has 1 fully saturated rings. The highest BCUT2D eigenvalue weighted by Gasteiger charge is 2.21. The summed E-state index contributed by atoms with van der Waals surface area (Å²) in [6.45, 7) is 2.26. The fourth-order valence-electron chi connectivity index (χ4n) is 2.15. The molecular weight excluding hydrogens is 244 g/mol. The summed E-state index contributed by atoms with van der Waals surface area (Å²) < 4.78 is 0. The van der Waals surface area contributed by atoms with Gasteiger partial charge in [0.1, 0.15) is 0 Å². The first-order chi connectivity index (χ1) is 8.56. The standard InChI is InChI=1S/C14H20N2OS/c1-10-7-13(9-18-10)15-12-6-4-5-11(8-12)14(17)16(2)3/h4-6,8,10,13,15H,7,9H2,1-3H3. The Kier molecular flexibility index (Phi) is 4.17. The van der Waals surface area contributed by atoms with Crippen LogP contribution in [0, 0.1) is 0 Å². The van der Waals surface area contributed by atoms with Gasteiger partial charge in [-0.25, -0.2) is 0 Å². The van der Waals surface area contributed by atoms with E-state index in [1.165, 1.54) is 6.42 Å². The summed E-state index contributed by atoms with van der Waals surface area (Å²) >= 11 is 2.00. The Bertz CT molecular complexity index is 434. The fraction of sp³-hybridized carbons (Fsp3) is 0.500. The van der Waals surface area contributed by atoms with Crippen molar-refractivity contribution in [3.63, 3.8) is 0 Å². The Balaban J connectivity index is 2.05. The molecule has 3 nitrogen and oxygen atoms in total. The van der Waals surface area contributed by atoms with E-state index in [9.17, 15) is 4.79 Å². The van der Waals surface area contributed by atoms with Crippen molar-refractivity contribution in [2.75, 3.05) is 25.2 Å². The number of carbonyl (C=O) groups excluding carboxylic acids is 1. The van der Waals surface area contributed by atoms with E-state index in [-0.39, 0.29) is 5.91 Å². The van der Waals surface area contributed by atoms with Crippen molar-refractivity contribution in [2.24, 2.45) is 0 Å². The molecule has 0 radical (unpaired) electrons. The van der Waals surface area contributed by atoms with E-state index in [0.717, 1.165) is 22.3 Å². The lowest BCUT2D eigenvalue weighted by molar-refractivity contribution is 0.0827. The third-order valence-electron chi connectivity index (χ3n) is 3.08. The molecule has 1 aliphatic rings. The van der Waals surface area contributed by atoms with Gasteiger partial charge in [0.15, 0.2) is 0 Å². The summed E-state index contributed by atoms with van der Waals surface area (Å²) in [4.78, 5) is 13.5. The zero-order valence-corrected chi connectivity index (χ0v) is 12.0. The Labute approximate surface area is 113 Å². The zero-order chi connectivity index (χ0) is 13.1. The summed E-state index contributed by atoms with van der Waals surface area (Å²) in [6.07, 6.45) is 1.19. The van der Waals surface area contributed by atoms with Gasteiger partial charge in [-0.1, -0.05) is 13.0 Å². The van der Waals surface area contributed by atoms with Crippen molar-refractivity contribution < 1.29 is 4.79 Å². The molecule has 1 N–H and O–H groups in total. The lowest BCUT2D eigenvalue weighted by Crippen LogP contribution is -2.22. The number of nitrogens with one attached hydrogen (secondary N) is 1.